The van der Waals surface area contributed by atoms with Crippen LogP contribution in [0.3, 0.4) is 0 Å². The third-order valence-electron chi connectivity index (χ3n) is 2.37. The minimum Gasteiger partial charge on any atom is -0.343 e. The van der Waals surface area contributed by atoms with Crippen LogP contribution in [0.25, 0.3) is 0 Å². The van der Waals surface area contributed by atoms with Crippen molar-refractivity contribution in [2.75, 3.05) is 26.7 Å². The molecule has 0 saturated heterocycles. The number of hydrogen-bond donors (Lipinski definition) is 0. The Morgan fingerprint density at radius 3 is 1.94 bits per heavy atom. The molecule has 0 aliphatic carbocycles. The van der Waals surface area contributed by atoms with E-state index in [9.17, 15) is 0 Å². The van der Waals surface area contributed by atoms with Crippen molar-refractivity contribution >= 4 is 35.9 Å². The summed E-state index contributed by atoms with van der Waals surface area (Å²) >= 11 is 11.0. The largest absolute Gasteiger partial charge is 0.343 e. The van der Waals surface area contributed by atoms with Gasteiger partial charge in [0.1, 0.15) is 0 Å². The second-order valence-electron chi connectivity index (χ2n) is 5.10. The summed E-state index contributed by atoms with van der Waals surface area (Å²) in [4.78, 5) is 0. The highest BCUT2D eigenvalue weighted by Gasteiger charge is 2.22. The van der Waals surface area contributed by atoms with E-state index in [-0.39, 0.29) is 5.85 Å². The third-order valence-corrected chi connectivity index (χ3v) is 6.02. The molecule has 0 spiro atoms. The Bertz CT molecular complexity index is 280. The molecule has 0 aliphatic rings. The summed E-state index contributed by atoms with van der Waals surface area (Å²) in [6, 6.07) is -1.35. The van der Waals surface area contributed by atoms with Crippen molar-refractivity contribution in [2.24, 2.45) is 0 Å². The van der Waals surface area contributed by atoms with Crippen LogP contribution < -0.4 is 0 Å². The maximum absolute atomic E-state index is 6.05. The van der Waals surface area contributed by atoms with E-state index in [4.69, 9.17) is 28.1 Å². The van der Waals surface area contributed by atoms with E-state index in [2.05, 4.69) is 20.3 Å². The SMILES string of the molecule is CCCCCCC(OP(C)(C)=S)P(C)(C)=S. The van der Waals surface area contributed by atoms with Crippen LogP contribution in [-0.4, -0.2) is 32.5 Å². The van der Waals surface area contributed by atoms with Gasteiger partial charge in [-0.25, -0.2) is 0 Å². The average molecular weight is 300 g/mol. The lowest BCUT2D eigenvalue weighted by atomic mass is 10.2. The zero-order chi connectivity index (χ0) is 12.8. The summed E-state index contributed by atoms with van der Waals surface area (Å²) in [7, 11) is 0. The van der Waals surface area contributed by atoms with Gasteiger partial charge in [-0.2, -0.15) is 0 Å². The highest BCUT2D eigenvalue weighted by Crippen LogP contribution is 2.53. The Labute approximate surface area is 112 Å². The standard InChI is InChI=1S/C11H26OP2S2/c1-6-7-8-9-10-11(13(2,3)15)12-14(4,5)16/h11H,6-10H2,1-5H3. The predicted octanol–water partition coefficient (Wildman–Crippen LogP) is 4.69. The molecule has 0 amide bonds. The molecule has 0 saturated carbocycles. The monoisotopic (exact) mass is 300 g/mol. The molecule has 0 aromatic rings. The molecule has 1 atom stereocenters. The maximum atomic E-state index is 6.05. The molecular formula is C11H26OP2S2. The fourth-order valence-corrected chi connectivity index (χ4v) is 5.79. The lowest BCUT2D eigenvalue weighted by molar-refractivity contribution is 0.297. The van der Waals surface area contributed by atoms with Crippen LogP contribution in [0.2, 0.25) is 0 Å². The maximum Gasteiger partial charge on any atom is 0.0905 e. The average Bonchev–Trinajstić information content (AvgIpc) is 2.06. The highest BCUT2D eigenvalue weighted by atomic mass is 32.4. The van der Waals surface area contributed by atoms with E-state index in [0.717, 1.165) is 6.42 Å². The van der Waals surface area contributed by atoms with Gasteiger partial charge in [-0.3, -0.25) is 0 Å². The summed E-state index contributed by atoms with van der Waals surface area (Å²) in [6.07, 6.45) is 4.64. The summed E-state index contributed by atoms with van der Waals surface area (Å²) < 4.78 is 6.05. The molecule has 0 aliphatic heterocycles. The number of unbranched alkanes of at least 4 members (excludes halogenated alkanes) is 3. The van der Waals surface area contributed by atoms with Crippen molar-refractivity contribution in [1.29, 1.82) is 0 Å². The van der Waals surface area contributed by atoms with Crippen molar-refractivity contribution in [3.8, 4) is 0 Å². The van der Waals surface area contributed by atoms with Gasteiger partial charge in [-0.15, -0.1) is 0 Å². The van der Waals surface area contributed by atoms with Gasteiger partial charge in [0.05, 0.1) is 12.1 Å². The van der Waals surface area contributed by atoms with Crippen molar-refractivity contribution in [2.45, 2.75) is 44.9 Å². The second-order valence-corrected chi connectivity index (χ2v) is 16.7. The van der Waals surface area contributed by atoms with Gasteiger partial charge in [0.2, 0.25) is 0 Å². The van der Waals surface area contributed by atoms with Crippen molar-refractivity contribution < 1.29 is 4.52 Å². The Balaban J connectivity index is 4.24. The lowest BCUT2D eigenvalue weighted by Crippen LogP contribution is -2.10. The summed E-state index contributed by atoms with van der Waals surface area (Å²) in [5.41, 5.74) is 0. The topological polar surface area (TPSA) is 9.23 Å². The fraction of sp³-hybridized carbons (Fsp3) is 1.00. The zero-order valence-electron chi connectivity index (χ0n) is 11.2. The number of hydrogen-bond acceptors (Lipinski definition) is 3. The first kappa shape index (κ1) is 17.3. The summed E-state index contributed by atoms with van der Waals surface area (Å²) in [5, 5.41) is 0. The zero-order valence-corrected chi connectivity index (χ0v) is 14.7. The summed E-state index contributed by atoms with van der Waals surface area (Å²) in [6.45, 7) is 10.7. The molecule has 0 aromatic carbocycles. The molecule has 0 rings (SSSR count). The van der Waals surface area contributed by atoms with Crippen LogP contribution in [0.1, 0.15) is 39.0 Å². The van der Waals surface area contributed by atoms with Crippen molar-refractivity contribution in [3.05, 3.63) is 0 Å². The van der Waals surface area contributed by atoms with Gasteiger partial charge >= 0.3 is 0 Å². The molecule has 1 unspecified atom stereocenters. The Kier molecular flexibility index (Phi) is 8.24. The van der Waals surface area contributed by atoms with E-state index in [0.29, 0.717) is 0 Å². The van der Waals surface area contributed by atoms with Crippen LogP contribution in [0.4, 0.5) is 0 Å². The first-order chi connectivity index (χ1) is 7.17. The van der Waals surface area contributed by atoms with E-state index >= 15 is 0 Å². The molecule has 1 nitrogen and oxygen atoms in total. The van der Waals surface area contributed by atoms with Gasteiger partial charge in [0.15, 0.2) is 0 Å². The van der Waals surface area contributed by atoms with E-state index in [1.807, 2.05) is 13.3 Å². The van der Waals surface area contributed by atoms with E-state index in [1.54, 1.807) is 0 Å². The van der Waals surface area contributed by atoms with Crippen LogP contribution in [0.15, 0.2) is 0 Å². The van der Waals surface area contributed by atoms with Crippen molar-refractivity contribution in [3.63, 3.8) is 0 Å². The molecule has 0 fully saturated rings. The van der Waals surface area contributed by atoms with E-state index < -0.39 is 12.3 Å². The van der Waals surface area contributed by atoms with Gasteiger partial charge in [0.25, 0.3) is 0 Å². The minimum absolute atomic E-state index is 0.250. The van der Waals surface area contributed by atoms with Crippen LogP contribution in [0, 0.1) is 0 Å². The lowest BCUT2D eigenvalue weighted by Gasteiger charge is -2.28. The van der Waals surface area contributed by atoms with Crippen LogP contribution in [-0.2, 0) is 28.1 Å². The van der Waals surface area contributed by atoms with Crippen LogP contribution in [0.5, 0.6) is 0 Å². The normalized spacial score (nSPS) is 15.1. The van der Waals surface area contributed by atoms with Gasteiger partial charge < -0.3 is 4.52 Å². The van der Waals surface area contributed by atoms with Crippen molar-refractivity contribution in [1.82, 2.24) is 0 Å². The van der Waals surface area contributed by atoms with E-state index in [1.165, 1.54) is 25.7 Å². The quantitative estimate of drug-likeness (QED) is 0.475. The Morgan fingerprint density at radius 1 is 1.00 bits per heavy atom. The highest BCUT2D eigenvalue weighted by molar-refractivity contribution is 8.15. The first-order valence-corrected chi connectivity index (χ1v) is 13.3. The Hall–Kier alpha value is 1.26. The molecule has 98 valence electrons. The van der Waals surface area contributed by atoms with Gasteiger partial charge in [0, 0.05) is 0 Å². The predicted molar refractivity (Wildman–Crippen MR) is 85.9 cm³/mol. The molecule has 0 radical (unpaired) electrons. The van der Waals surface area contributed by atoms with Crippen LogP contribution >= 0.6 is 12.3 Å². The molecule has 0 bridgehead atoms. The van der Waals surface area contributed by atoms with Gasteiger partial charge in [-0.1, -0.05) is 56.2 Å². The molecule has 5 heteroatoms. The Morgan fingerprint density at radius 2 is 1.56 bits per heavy atom. The molecular weight excluding hydrogens is 274 g/mol. The first-order valence-electron chi connectivity index (χ1n) is 5.95. The fourth-order valence-electron chi connectivity index (χ4n) is 1.52. The molecule has 0 N–H and O–H groups in total. The third kappa shape index (κ3) is 9.31. The molecule has 0 aromatic heterocycles. The number of rotatable bonds is 8. The van der Waals surface area contributed by atoms with Gasteiger partial charge in [-0.05, 0) is 39.1 Å². The smallest absolute Gasteiger partial charge is 0.0905 e. The summed E-state index contributed by atoms with van der Waals surface area (Å²) in [5.74, 6) is 0.250. The molecule has 16 heavy (non-hydrogen) atoms. The minimum atomic E-state index is -1.58. The molecule has 0 heterocycles. The second kappa shape index (κ2) is 7.64.